The monoisotopic (exact) mass is 316 g/mol. The molecule has 22 heavy (non-hydrogen) atoms. The molecule has 5 heteroatoms. The fourth-order valence-electron chi connectivity index (χ4n) is 2.17. The van der Waals surface area contributed by atoms with Crippen molar-refractivity contribution in [3.8, 4) is 0 Å². The largest absolute Gasteiger partial charge is 0.362 e. The quantitative estimate of drug-likeness (QED) is 0.829. The zero-order valence-corrected chi connectivity index (χ0v) is 14.5. The number of rotatable bonds is 5. The lowest BCUT2D eigenvalue weighted by molar-refractivity contribution is 0.627. The van der Waals surface area contributed by atoms with Gasteiger partial charge in [-0.25, -0.2) is 0 Å². The molecule has 0 unspecified atom stereocenters. The highest BCUT2D eigenvalue weighted by molar-refractivity contribution is 7.80. The zero-order valence-electron chi connectivity index (χ0n) is 13.7. The van der Waals surface area contributed by atoms with E-state index in [4.69, 9.17) is 12.2 Å². The number of hydrogen-bond donors (Lipinski definition) is 2. The van der Waals surface area contributed by atoms with Crippen LogP contribution in [0.15, 0.2) is 30.3 Å². The molecule has 0 fully saturated rings. The maximum Gasteiger partial charge on any atom is 0.170 e. The fraction of sp³-hybridized carbons (Fsp3) is 0.412. The summed E-state index contributed by atoms with van der Waals surface area (Å²) >= 11 is 5.28. The highest BCUT2D eigenvalue weighted by Crippen LogP contribution is 2.12. The van der Waals surface area contributed by atoms with Crippen molar-refractivity contribution >= 4 is 23.0 Å². The maximum atomic E-state index is 5.28. The fourth-order valence-corrected chi connectivity index (χ4v) is 2.37. The second-order valence-corrected chi connectivity index (χ2v) is 6.42. The van der Waals surface area contributed by atoms with Gasteiger partial charge in [-0.15, -0.1) is 0 Å². The summed E-state index contributed by atoms with van der Waals surface area (Å²) < 4.78 is 2.02. The first-order valence-electron chi connectivity index (χ1n) is 7.59. The van der Waals surface area contributed by atoms with Crippen LogP contribution in [-0.4, -0.2) is 21.4 Å². The maximum absolute atomic E-state index is 5.28. The van der Waals surface area contributed by atoms with Gasteiger partial charge in [-0.05, 0) is 55.7 Å². The number of anilines is 1. The first kappa shape index (κ1) is 16.5. The van der Waals surface area contributed by atoms with Gasteiger partial charge in [-0.2, -0.15) is 5.10 Å². The average Bonchev–Trinajstić information content (AvgIpc) is 2.77. The Balaban J connectivity index is 1.93. The Morgan fingerprint density at radius 2 is 1.91 bits per heavy atom. The summed E-state index contributed by atoms with van der Waals surface area (Å²) in [7, 11) is 0. The molecule has 0 aliphatic carbocycles. The molecule has 0 bridgehead atoms. The molecule has 1 heterocycles. The van der Waals surface area contributed by atoms with Crippen molar-refractivity contribution in [1.82, 2.24) is 15.1 Å². The van der Waals surface area contributed by atoms with E-state index in [9.17, 15) is 0 Å². The predicted molar refractivity (Wildman–Crippen MR) is 96.3 cm³/mol. The van der Waals surface area contributed by atoms with E-state index in [2.05, 4.69) is 54.7 Å². The van der Waals surface area contributed by atoms with Gasteiger partial charge in [0.15, 0.2) is 5.11 Å². The van der Waals surface area contributed by atoms with E-state index in [0.717, 1.165) is 24.5 Å². The predicted octanol–water partition coefficient (Wildman–Crippen LogP) is 3.49. The molecule has 0 spiro atoms. The van der Waals surface area contributed by atoms with Crippen LogP contribution < -0.4 is 10.6 Å². The van der Waals surface area contributed by atoms with E-state index in [0.29, 0.717) is 11.0 Å². The minimum atomic E-state index is 0.572. The average molecular weight is 316 g/mol. The van der Waals surface area contributed by atoms with Crippen LogP contribution in [0.4, 0.5) is 5.69 Å². The Labute approximate surface area is 137 Å². The van der Waals surface area contributed by atoms with Gasteiger partial charge in [0.25, 0.3) is 0 Å². The van der Waals surface area contributed by atoms with Gasteiger partial charge in [0.1, 0.15) is 0 Å². The molecule has 0 amide bonds. The van der Waals surface area contributed by atoms with E-state index in [1.165, 1.54) is 11.3 Å². The number of aromatic nitrogens is 2. The van der Waals surface area contributed by atoms with E-state index >= 15 is 0 Å². The summed E-state index contributed by atoms with van der Waals surface area (Å²) in [5, 5.41) is 11.6. The van der Waals surface area contributed by atoms with Gasteiger partial charge < -0.3 is 10.6 Å². The number of aryl methyl sites for hydroxylation is 2. The van der Waals surface area contributed by atoms with Crippen molar-refractivity contribution in [2.24, 2.45) is 5.92 Å². The van der Waals surface area contributed by atoms with Crippen molar-refractivity contribution < 1.29 is 0 Å². The van der Waals surface area contributed by atoms with Crippen LogP contribution in [0.2, 0.25) is 0 Å². The first-order valence-corrected chi connectivity index (χ1v) is 7.99. The molecule has 2 rings (SSSR count). The lowest BCUT2D eigenvalue weighted by Gasteiger charge is -2.12. The van der Waals surface area contributed by atoms with Crippen molar-refractivity contribution in [1.29, 1.82) is 0 Å². The number of nitrogens with one attached hydrogen (secondary N) is 2. The first-order chi connectivity index (χ1) is 10.4. The van der Waals surface area contributed by atoms with E-state index < -0.39 is 0 Å². The molecule has 2 aromatic rings. The molecular weight excluding hydrogens is 292 g/mol. The molecule has 0 radical (unpaired) electrons. The van der Waals surface area contributed by atoms with Crippen molar-refractivity contribution in [3.63, 3.8) is 0 Å². The van der Waals surface area contributed by atoms with Crippen LogP contribution >= 0.6 is 12.2 Å². The van der Waals surface area contributed by atoms with Crippen LogP contribution in [0, 0.1) is 19.8 Å². The molecule has 4 nitrogen and oxygen atoms in total. The highest BCUT2D eigenvalue weighted by Gasteiger charge is 2.03. The van der Waals surface area contributed by atoms with Crippen LogP contribution in [-0.2, 0) is 6.54 Å². The van der Waals surface area contributed by atoms with Crippen LogP contribution in [0.5, 0.6) is 0 Å². The third kappa shape index (κ3) is 4.84. The Morgan fingerprint density at radius 3 is 2.45 bits per heavy atom. The summed E-state index contributed by atoms with van der Waals surface area (Å²) in [5.41, 5.74) is 4.45. The third-order valence-electron chi connectivity index (χ3n) is 3.32. The lowest BCUT2D eigenvalue weighted by atomic mass is 10.2. The lowest BCUT2D eigenvalue weighted by Crippen LogP contribution is -2.31. The van der Waals surface area contributed by atoms with Gasteiger partial charge in [-0.1, -0.05) is 26.0 Å². The number of nitrogens with zero attached hydrogens (tertiary/aromatic N) is 2. The van der Waals surface area contributed by atoms with Gasteiger partial charge in [-0.3, -0.25) is 4.68 Å². The second kappa shape index (κ2) is 7.40. The molecule has 0 saturated carbocycles. The van der Waals surface area contributed by atoms with Crippen LogP contribution in [0.3, 0.4) is 0 Å². The zero-order chi connectivity index (χ0) is 16.1. The SMILES string of the molecule is Cc1cc(C)n(Cc2ccc(NC(=S)NCC(C)C)cc2)n1. The molecule has 0 aliphatic rings. The van der Waals surface area contributed by atoms with Crippen molar-refractivity contribution in [2.75, 3.05) is 11.9 Å². The van der Waals surface area contributed by atoms with Gasteiger partial charge in [0, 0.05) is 17.9 Å². The topological polar surface area (TPSA) is 41.9 Å². The van der Waals surface area contributed by atoms with Gasteiger partial charge in [0.2, 0.25) is 0 Å². The van der Waals surface area contributed by atoms with Crippen LogP contribution in [0.25, 0.3) is 0 Å². The molecule has 0 saturated heterocycles. The standard InChI is InChI=1S/C17H24N4S/c1-12(2)10-18-17(22)19-16-7-5-15(6-8-16)11-21-14(4)9-13(3)20-21/h5-9,12H,10-11H2,1-4H3,(H2,18,19,22). The van der Waals surface area contributed by atoms with Crippen molar-refractivity contribution in [3.05, 3.63) is 47.3 Å². The Hall–Kier alpha value is -1.88. The van der Waals surface area contributed by atoms with E-state index in [-0.39, 0.29) is 0 Å². The molecule has 0 atom stereocenters. The van der Waals surface area contributed by atoms with Crippen LogP contribution in [0.1, 0.15) is 30.8 Å². The molecule has 0 aliphatic heterocycles. The van der Waals surface area contributed by atoms with Gasteiger partial charge in [0.05, 0.1) is 12.2 Å². The molecule has 1 aromatic carbocycles. The molecule has 1 aromatic heterocycles. The number of benzene rings is 1. The third-order valence-corrected chi connectivity index (χ3v) is 3.56. The number of hydrogen-bond acceptors (Lipinski definition) is 2. The summed E-state index contributed by atoms with van der Waals surface area (Å²) in [6.45, 7) is 10.1. The Morgan fingerprint density at radius 1 is 1.23 bits per heavy atom. The molecule has 118 valence electrons. The summed E-state index contributed by atoms with van der Waals surface area (Å²) in [6, 6.07) is 10.4. The minimum absolute atomic E-state index is 0.572. The van der Waals surface area contributed by atoms with Crippen molar-refractivity contribution in [2.45, 2.75) is 34.2 Å². The van der Waals surface area contributed by atoms with Gasteiger partial charge >= 0.3 is 0 Å². The molecule has 2 N–H and O–H groups in total. The molecular formula is C17H24N4S. The highest BCUT2D eigenvalue weighted by atomic mass is 32.1. The Kier molecular flexibility index (Phi) is 5.55. The second-order valence-electron chi connectivity index (χ2n) is 6.01. The number of thiocarbonyl (C=S) groups is 1. The summed E-state index contributed by atoms with van der Waals surface area (Å²) in [6.07, 6.45) is 0. The summed E-state index contributed by atoms with van der Waals surface area (Å²) in [5.74, 6) is 0.572. The normalized spacial score (nSPS) is 10.8. The summed E-state index contributed by atoms with van der Waals surface area (Å²) in [4.78, 5) is 0. The smallest absolute Gasteiger partial charge is 0.170 e. The minimum Gasteiger partial charge on any atom is -0.362 e. The Bertz CT molecular complexity index is 629. The van der Waals surface area contributed by atoms with E-state index in [1.807, 2.05) is 23.7 Å². The van der Waals surface area contributed by atoms with E-state index in [1.54, 1.807) is 0 Å².